The van der Waals surface area contributed by atoms with E-state index < -0.39 is 0 Å². The van der Waals surface area contributed by atoms with Crippen LogP contribution in [-0.2, 0) is 13.1 Å². The fraction of sp³-hybridized carbons (Fsp3) is 0.200. The molecule has 142 valence electrons. The van der Waals surface area contributed by atoms with Gasteiger partial charge in [0.15, 0.2) is 0 Å². The molecule has 0 aliphatic rings. The average molecular weight is 371 g/mol. The lowest BCUT2D eigenvalue weighted by Crippen LogP contribution is -2.23. The SMILES string of the molecule is COc1ccc(CN(CC#Cc2ccccc2)Cc2ccccc2)c(OC)c1. The molecule has 3 heteroatoms. The maximum absolute atomic E-state index is 5.57. The number of nitrogens with zero attached hydrogens (tertiary/aromatic N) is 1. The van der Waals surface area contributed by atoms with Crippen LogP contribution in [0.2, 0.25) is 0 Å². The first-order valence-corrected chi connectivity index (χ1v) is 9.29. The van der Waals surface area contributed by atoms with Crippen LogP contribution in [0.5, 0.6) is 11.5 Å². The van der Waals surface area contributed by atoms with E-state index in [1.54, 1.807) is 14.2 Å². The summed E-state index contributed by atoms with van der Waals surface area (Å²) in [6, 6.07) is 26.5. The number of hydrogen-bond donors (Lipinski definition) is 0. The quantitative estimate of drug-likeness (QED) is 0.559. The molecule has 0 unspecified atom stereocenters. The van der Waals surface area contributed by atoms with Crippen molar-refractivity contribution in [2.75, 3.05) is 20.8 Å². The molecule has 0 saturated heterocycles. The third-order valence-electron chi connectivity index (χ3n) is 4.45. The molecule has 3 nitrogen and oxygen atoms in total. The molecule has 0 atom stereocenters. The molecule has 0 spiro atoms. The molecule has 0 heterocycles. The van der Waals surface area contributed by atoms with E-state index in [4.69, 9.17) is 9.47 Å². The van der Waals surface area contributed by atoms with Crippen LogP contribution < -0.4 is 9.47 Å². The number of benzene rings is 3. The van der Waals surface area contributed by atoms with Crippen molar-refractivity contribution in [1.82, 2.24) is 4.90 Å². The lowest BCUT2D eigenvalue weighted by Gasteiger charge is -2.21. The van der Waals surface area contributed by atoms with Crippen molar-refractivity contribution < 1.29 is 9.47 Å². The van der Waals surface area contributed by atoms with Gasteiger partial charge in [-0.25, -0.2) is 0 Å². The van der Waals surface area contributed by atoms with Crippen LogP contribution in [0.4, 0.5) is 0 Å². The highest BCUT2D eigenvalue weighted by Crippen LogP contribution is 2.26. The Labute approximate surface area is 167 Å². The standard InChI is InChI=1S/C25H25NO2/c1-27-24-16-15-23(25(18-24)28-2)20-26(19-22-12-7-4-8-13-22)17-9-14-21-10-5-3-6-11-21/h3-8,10-13,15-16,18H,17,19-20H2,1-2H3. The molecule has 0 saturated carbocycles. The molecular formula is C25H25NO2. The summed E-state index contributed by atoms with van der Waals surface area (Å²) in [7, 11) is 3.35. The minimum atomic E-state index is 0.666. The summed E-state index contributed by atoms with van der Waals surface area (Å²) in [5.41, 5.74) is 3.40. The van der Waals surface area contributed by atoms with E-state index in [1.165, 1.54) is 5.56 Å². The zero-order chi connectivity index (χ0) is 19.6. The fourth-order valence-electron chi connectivity index (χ4n) is 3.01. The predicted octanol–water partition coefficient (Wildman–Crippen LogP) is 4.76. The Bertz CT molecular complexity index is 927. The third kappa shape index (κ3) is 5.64. The summed E-state index contributed by atoms with van der Waals surface area (Å²) in [6.07, 6.45) is 0. The zero-order valence-corrected chi connectivity index (χ0v) is 16.4. The van der Waals surface area contributed by atoms with Crippen LogP contribution in [0.3, 0.4) is 0 Å². The van der Waals surface area contributed by atoms with Crippen LogP contribution in [0.25, 0.3) is 0 Å². The molecule has 0 fully saturated rings. The third-order valence-corrected chi connectivity index (χ3v) is 4.45. The molecule has 0 amide bonds. The highest BCUT2D eigenvalue weighted by atomic mass is 16.5. The average Bonchev–Trinajstić information content (AvgIpc) is 2.75. The zero-order valence-electron chi connectivity index (χ0n) is 16.4. The van der Waals surface area contributed by atoms with Gasteiger partial charge in [-0.3, -0.25) is 4.90 Å². The minimum absolute atomic E-state index is 0.666. The van der Waals surface area contributed by atoms with E-state index in [9.17, 15) is 0 Å². The summed E-state index contributed by atoms with van der Waals surface area (Å²) in [4.78, 5) is 2.32. The largest absolute Gasteiger partial charge is 0.497 e. The van der Waals surface area contributed by atoms with Crippen LogP contribution in [-0.4, -0.2) is 25.7 Å². The van der Waals surface area contributed by atoms with Crippen molar-refractivity contribution >= 4 is 0 Å². The number of ether oxygens (including phenoxy) is 2. The van der Waals surface area contributed by atoms with Gasteiger partial charge in [0.1, 0.15) is 11.5 Å². The second-order valence-corrected chi connectivity index (χ2v) is 6.48. The van der Waals surface area contributed by atoms with Gasteiger partial charge in [-0.05, 0) is 23.8 Å². The molecule has 3 aromatic carbocycles. The summed E-state index contributed by atoms with van der Waals surface area (Å²) in [5.74, 6) is 8.18. The lowest BCUT2D eigenvalue weighted by molar-refractivity contribution is 0.283. The van der Waals surface area contributed by atoms with Gasteiger partial charge in [0.2, 0.25) is 0 Å². The summed E-state index contributed by atoms with van der Waals surface area (Å²) in [6.45, 7) is 2.23. The smallest absolute Gasteiger partial charge is 0.127 e. The topological polar surface area (TPSA) is 21.7 Å². The first-order chi connectivity index (χ1) is 13.8. The van der Waals surface area contributed by atoms with Gasteiger partial charge in [-0.1, -0.05) is 66.4 Å². The van der Waals surface area contributed by atoms with Crippen LogP contribution in [0, 0.1) is 11.8 Å². The predicted molar refractivity (Wildman–Crippen MR) is 113 cm³/mol. The summed E-state index contributed by atoms with van der Waals surface area (Å²) < 4.78 is 10.9. The van der Waals surface area contributed by atoms with E-state index in [-0.39, 0.29) is 0 Å². The maximum atomic E-state index is 5.57. The van der Waals surface area contributed by atoms with Crippen molar-refractivity contribution in [3.8, 4) is 23.3 Å². The van der Waals surface area contributed by atoms with Crippen molar-refractivity contribution in [2.24, 2.45) is 0 Å². The maximum Gasteiger partial charge on any atom is 0.127 e. The van der Waals surface area contributed by atoms with E-state index in [0.29, 0.717) is 6.54 Å². The molecule has 0 aliphatic carbocycles. The van der Waals surface area contributed by atoms with Crippen molar-refractivity contribution in [3.05, 3.63) is 95.6 Å². The van der Waals surface area contributed by atoms with E-state index in [1.807, 2.05) is 48.5 Å². The molecule has 3 rings (SSSR count). The van der Waals surface area contributed by atoms with Gasteiger partial charge in [0.25, 0.3) is 0 Å². The summed E-state index contributed by atoms with van der Waals surface area (Å²) in [5, 5.41) is 0. The normalized spacial score (nSPS) is 10.2. The molecule has 0 N–H and O–H groups in total. The van der Waals surface area contributed by atoms with Crippen molar-refractivity contribution in [2.45, 2.75) is 13.1 Å². The Morgan fingerprint density at radius 2 is 1.50 bits per heavy atom. The fourth-order valence-corrected chi connectivity index (χ4v) is 3.01. The molecule has 3 aromatic rings. The molecule has 0 radical (unpaired) electrons. The Hall–Kier alpha value is -3.22. The van der Waals surface area contributed by atoms with Gasteiger partial charge < -0.3 is 9.47 Å². The molecule has 28 heavy (non-hydrogen) atoms. The van der Waals surface area contributed by atoms with Crippen molar-refractivity contribution in [3.63, 3.8) is 0 Å². The highest BCUT2D eigenvalue weighted by Gasteiger charge is 2.11. The van der Waals surface area contributed by atoms with Gasteiger partial charge in [-0.15, -0.1) is 0 Å². The monoisotopic (exact) mass is 371 g/mol. The number of rotatable bonds is 7. The Kier molecular flexibility index (Phi) is 7.12. The number of methoxy groups -OCH3 is 2. The van der Waals surface area contributed by atoms with E-state index >= 15 is 0 Å². The lowest BCUT2D eigenvalue weighted by atomic mass is 10.1. The van der Waals surface area contributed by atoms with Gasteiger partial charge in [0, 0.05) is 30.3 Å². The first-order valence-electron chi connectivity index (χ1n) is 9.29. The number of hydrogen-bond acceptors (Lipinski definition) is 3. The van der Waals surface area contributed by atoms with Crippen LogP contribution in [0.15, 0.2) is 78.9 Å². The van der Waals surface area contributed by atoms with Gasteiger partial charge in [0.05, 0.1) is 20.8 Å². The van der Waals surface area contributed by atoms with Crippen LogP contribution >= 0.6 is 0 Å². The van der Waals surface area contributed by atoms with Crippen LogP contribution in [0.1, 0.15) is 16.7 Å². The second kappa shape index (κ2) is 10.2. The molecule has 0 aliphatic heterocycles. The Morgan fingerprint density at radius 1 is 0.786 bits per heavy atom. The van der Waals surface area contributed by atoms with E-state index in [0.717, 1.165) is 35.7 Å². The Balaban J connectivity index is 1.79. The highest BCUT2D eigenvalue weighted by molar-refractivity contribution is 5.41. The summed E-state index contributed by atoms with van der Waals surface area (Å²) >= 11 is 0. The van der Waals surface area contributed by atoms with E-state index in [2.05, 4.69) is 47.1 Å². The Morgan fingerprint density at radius 3 is 2.18 bits per heavy atom. The second-order valence-electron chi connectivity index (χ2n) is 6.48. The molecular weight excluding hydrogens is 346 g/mol. The minimum Gasteiger partial charge on any atom is -0.497 e. The molecule has 0 aromatic heterocycles. The van der Waals surface area contributed by atoms with Gasteiger partial charge >= 0.3 is 0 Å². The molecule has 0 bridgehead atoms. The first kappa shape index (κ1) is 19.5. The van der Waals surface area contributed by atoms with Gasteiger partial charge in [-0.2, -0.15) is 0 Å². The van der Waals surface area contributed by atoms with Crippen molar-refractivity contribution in [1.29, 1.82) is 0 Å².